The van der Waals surface area contributed by atoms with Crippen LogP contribution >= 0.6 is 0 Å². The van der Waals surface area contributed by atoms with Crippen LogP contribution in [0.25, 0.3) is 152 Å². The summed E-state index contributed by atoms with van der Waals surface area (Å²) < 4.78 is 5.02. The van der Waals surface area contributed by atoms with Crippen molar-refractivity contribution in [3.8, 4) is 22.5 Å². The molecule has 16 rings (SSSR count). The van der Waals surface area contributed by atoms with E-state index >= 15 is 0 Å². The fourth-order valence-corrected chi connectivity index (χ4v) is 12.5. The lowest BCUT2D eigenvalue weighted by molar-refractivity contribution is 1.20. The van der Waals surface area contributed by atoms with E-state index in [1.807, 2.05) is 0 Å². The summed E-state index contributed by atoms with van der Waals surface area (Å²) in [6.07, 6.45) is 0. The summed E-state index contributed by atoms with van der Waals surface area (Å²) in [4.78, 5) is 0. The second-order valence-electron chi connectivity index (χ2n) is 19.1. The minimum Gasteiger partial charge on any atom is -0.309 e. The molecule has 322 valence electrons. The van der Waals surface area contributed by atoms with Crippen LogP contribution in [0.15, 0.2) is 243 Å². The van der Waals surface area contributed by atoms with Gasteiger partial charge in [-0.2, -0.15) is 0 Å². The average molecular weight is 885 g/mol. The third-order valence-electron chi connectivity index (χ3n) is 15.6. The van der Waals surface area contributed by atoms with Gasteiger partial charge in [-0.1, -0.05) is 194 Å². The van der Waals surface area contributed by atoms with Crippen LogP contribution in [0.1, 0.15) is 0 Å². The molecule has 0 N–H and O–H groups in total. The van der Waals surface area contributed by atoms with Crippen LogP contribution in [0.2, 0.25) is 0 Å². The van der Waals surface area contributed by atoms with E-state index in [1.54, 1.807) is 0 Å². The van der Waals surface area contributed by atoms with Crippen molar-refractivity contribution in [3.05, 3.63) is 243 Å². The summed E-state index contributed by atoms with van der Waals surface area (Å²) in [7, 11) is 0. The van der Waals surface area contributed by atoms with Crippen molar-refractivity contribution in [2.24, 2.45) is 0 Å². The highest BCUT2D eigenvalue weighted by Gasteiger charge is 2.21. The summed E-state index contributed by atoms with van der Waals surface area (Å²) in [5.41, 5.74) is 9.57. The fourth-order valence-electron chi connectivity index (χ4n) is 12.5. The lowest BCUT2D eigenvalue weighted by atomic mass is 9.92. The van der Waals surface area contributed by atoms with Crippen LogP contribution in [0.3, 0.4) is 0 Å². The molecule has 0 aliphatic heterocycles. The number of para-hydroxylation sites is 2. The van der Waals surface area contributed by atoms with Crippen LogP contribution in [0.5, 0.6) is 0 Å². The predicted molar refractivity (Wildman–Crippen MR) is 301 cm³/mol. The summed E-state index contributed by atoms with van der Waals surface area (Å²) in [6, 6.07) is 90.8. The normalized spacial score (nSPS) is 12.3. The summed E-state index contributed by atoms with van der Waals surface area (Å²) in [6.45, 7) is 0. The SMILES string of the molecule is c1ccc2c(c1)ccc1cc(-n3c4ccccc4c4cc(-c5ccc6c(c5)c5ccccc5n6-c5cc6ccc7ccccc7c6c6c5ccc5ccccc56)ccc43)c3ccc4ccccc4c3c12. The number of aromatic nitrogens is 2. The largest absolute Gasteiger partial charge is 0.309 e. The van der Waals surface area contributed by atoms with E-state index in [2.05, 4.69) is 252 Å². The van der Waals surface area contributed by atoms with Crippen molar-refractivity contribution >= 4 is 130 Å². The van der Waals surface area contributed by atoms with E-state index in [1.165, 1.54) is 152 Å². The lowest BCUT2D eigenvalue weighted by Crippen LogP contribution is -1.97. The number of hydrogen-bond donors (Lipinski definition) is 0. The molecule has 0 aliphatic carbocycles. The second-order valence-corrected chi connectivity index (χ2v) is 19.1. The second kappa shape index (κ2) is 14.1. The van der Waals surface area contributed by atoms with Crippen molar-refractivity contribution in [2.45, 2.75) is 0 Å². The van der Waals surface area contributed by atoms with Crippen LogP contribution in [-0.2, 0) is 0 Å². The van der Waals surface area contributed by atoms with Crippen molar-refractivity contribution in [1.82, 2.24) is 9.13 Å². The maximum atomic E-state index is 2.51. The zero-order chi connectivity index (χ0) is 45.6. The topological polar surface area (TPSA) is 9.86 Å². The number of fused-ring (bicyclic) bond motifs is 20. The van der Waals surface area contributed by atoms with E-state index in [0.717, 1.165) is 0 Å². The van der Waals surface area contributed by atoms with Gasteiger partial charge in [-0.3, -0.25) is 0 Å². The van der Waals surface area contributed by atoms with Gasteiger partial charge < -0.3 is 9.13 Å². The molecule has 0 atom stereocenters. The van der Waals surface area contributed by atoms with Gasteiger partial charge in [-0.05, 0) is 124 Å². The van der Waals surface area contributed by atoms with Crippen molar-refractivity contribution in [3.63, 3.8) is 0 Å². The highest BCUT2D eigenvalue weighted by molar-refractivity contribution is 6.31. The predicted octanol–water partition coefficient (Wildman–Crippen LogP) is 18.8. The first kappa shape index (κ1) is 37.8. The zero-order valence-electron chi connectivity index (χ0n) is 38.0. The number of rotatable bonds is 3. The molecule has 0 unspecified atom stereocenters. The molecule has 0 saturated heterocycles. The van der Waals surface area contributed by atoms with E-state index in [4.69, 9.17) is 0 Å². The third kappa shape index (κ3) is 5.17. The van der Waals surface area contributed by atoms with Gasteiger partial charge >= 0.3 is 0 Å². The Balaban J connectivity index is 0.921. The monoisotopic (exact) mass is 884 g/mol. The first-order valence-electron chi connectivity index (χ1n) is 24.3. The molecule has 14 aromatic carbocycles. The molecule has 0 radical (unpaired) electrons. The Hall–Kier alpha value is -9.24. The number of hydrogen-bond acceptors (Lipinski definition) is 0. The van der Waals surface area contributed by atoms with Gasteiger partial charge in [-0.15, -0.1) is 0 Å². The van der Waals surface area contributed by atoms with Crippen LogP contribution in [-0.4, -0.2) is 9.13 Å². The smallest absolute Gasteiger partial charge is 0.0547 e. The Morgan fingerprint density at radius 1 is 0.186 bits per heavy atom. The van der Waals surface area contributed by atoms with E-state index in [9.17, 15) is 0 Å². The maximum Gasteiger partial charge on any atom is 0.0547 e. The Kier molecular flexibility index (Phi) is 7.64. The molecule has 2 aromatic heterocycles. The van der Waals surface area contributed by atoms with Crippen LogP contribution in [0, 0.1) is 0 Å². The quantitative estimate of drug-likeness (QED) is 0.157. The maximum absolute atomic E-state index is 2.51. The summed E-state index contributed by atoms with van der Waals surface area (Å²) >= 11 is 0. The zero-order valence-corrected chi connectivity index (χ0v) is 38.0. The van der Waals surface area contributed by atoms with Gasteiger partial charge in [0.15, 0.2) is 0 Å². The summed E-state index contributed by atoms with van der Waals surface area (Å²) in [5, 5.41) is 25.3. The molecule has 2 nitrogen and oxygen atoms in total. The molecule has 16 aromatic rings. The standard InChI is InChI=1S/C68H40N2/c1-5-17-49-41(13-1)25-27-47-39-63(55-33-29-43-15-3-7-19-51(43)67(55)65(47)49)69-59-23-11-9-21-53(59)57-37-45(31-35-61(57)69)46-32-36-62-58(38-46)54-22-10-12-24-60(54)70(62)64-40-48-28-26-42-14-2-6-18-50(42)66(48)68-52-20-8-4-16-44(52)30-34-56(64)68/h1-40H. The van der Waals surface area contributed by atoms with Gasteiger partial charge in [0.1, 0.15) is 0 Å². The van der Waals surface area contributed by atoms with E-state index in [0.29, 0.717) is 0 Å². The molecule has 0 bridgehead atoms. The Bertz CT molecular complexity index is 4640. The number of nitrogens with zero attached hydrogens (tertiary/aromatic N) is 2. The highest BCUT2D eigenvalue weighted by Crippen LogP contribution is 2.46. The molecule has 0 saturated carbocycles. The minimum atomic E-state index is 1.19. The van der Waals surface area contributed by atoms with E-state index in [-0.39, 0.29) is 0 Å². The van der Waals surface area contributed by atoms with Gasteiger partial charge in [0, 0.05) is 43.1 Å². The van der Waals surface area contributed by atoms with E-state index < -0.39 is 0 Å². The molecule has 0 amide bonds. The first-order valence-corrected chi connectivity index (χ1v) is 24.3. The molecule has 0 fully saturated rings. The van der Waals surface area contributed by atoms with Crippen molar-refractivity contribution in [1.29, 1.82) is 0 Å². The third-order valence-corrected chi connectivity index (χ3v) is 15.6. The molecule has 0 aliphatic rings. The van der Waals surface area contributed by atoms with Crippen molar-refractivity contribution < 1.29 is 0 Å². The van der Waals surface area contributed by atoms with Crippen molar-refractivity contribution in [2.75, 3.05) is 0 Å². The van der Waals surface area contributed by atoms with Crippen LogP contribution in [0.4, 0.5) is 0 Å². The molecule has 70 heavy (non-hydrogen) atoms. The molecular formula is C68H40N2. The Morgan fingerprint density at radius 2 is 0.500 bits per heavy atom. The molecule has 2 heterocycles. The molecule has 0 spiro atoms. The van der Waals surface area contributed by atoms with Gasteiger partial charge in [0.25, 0.3) is 0 Å². The van der Waals surface area contributed by atoms with Gasteiger partial charge in [-0.25, -0.2) is 0 Å². The van der Waals surface area contributed by atoms with Gasteiger partial charge in [0.2, 0.25) is 0 Å². The Labute approximate surface area is 402 Å². The highest BCUT2D eigenvalue weighted by atomic mass is 15.0. The number of benzene rings is 14. The van der Waals surface area contributed by atoms with Crippen LogP contribution < -0.4 is 0 Å². The lowest BCUT2D eigenvalue weighted by Gasteiger charge is -2.17. The first-order chi connectivity index (χ1) is 34.7. The minimum absolute atomic E-state index is 1.19. The molecule has 2 heteroatoms. The Morgan fingerprint density at radius 3 is 0.914 bits per heavy atom. The average Bonchev–Trinajstić information content (AvgIpc) is 3.94. The fraction of sp³-hybridized carbons (Fsp3) is 0. The molecular weight excluding hydrogens is 845 g/mol. The summed E-state index contributed by atoms with van der Waals surface area (Å²) in [5.74, 6) is 0. The van der Waals surface area contributed by atoms with Gasteiger partial charge in [0.05, 0.1) is 33.4 Å².